The third-order valence-electron chi connectivity index (χ3n) is 3.78. The number of carbonyl (C=O) groups excluding carboxylic acids is 1. The van der Waals surface area contributed by atoms with Crippen molar-refractivity contribution in [1.82, 2.24) is 4.90 Å². The van der Waals surface area contributed by atoms with Crippen LogP contribution in [0.2, 0.25) is 0 Å². The molecule has 6 heteroatoms. The maximum Gasteiger partial charge on any atom is 0.254 e. The van der Waals surface area contributed by atoms with Gasteiger partial charge in [-0.1, -0.05) is 6.07 Å². The van der Waals surface area contributed by atoms with E-state index in [1.807, 2.05) is 6.92 Å². The van der Waals surface area contributed by atoms with Gasteiger partial charge in [0.15, 0.2) is 9.84 Å². The predicted molar refractivity (Wildman–Crippen MR) is 81.5 cm³/mol. The number of benzene rings is 1. The molecule has 0 heterocycles. The zero-order chi connectivity index (χ0) is 15.7. The van der Waals surface area contributed by atoms with E-state index in [1.54, 1.807) is 39.1 Å². The second-order valence-corrected chi connectivity index (χ2v) is 7.67. The van der Waals surface area contributed by atoms with Crippen LogP contribution in [0.4, 0.5) is 5.69 Å². The van der Waals surface area contributed by atoms with Crippen LogP contribution in [0.15, 0.2) is 18.2 Å². The molecule has 1 aromatic carbocycles. The van der Waals surface area contributed by atoms with E-state index in [4.69, 9.17) is 5.73 Å². The molecular formula is C14H22N2O3S. The summed E-state index contributed by atoms with van der Waals surface area (Å²) in [6.07, 6.45) is 1.18. The largest absolute Gasteiger partial charge is 0.399 e. The first-order valence-electron chi connectivity index (χ1n) is 6.38. The highest BCUT2D eigenvalue weighted by atomic mass is 32.2. The fourth-order valence-corrected chi connectivity index (χ4v) is 2.82. The third-order valence-corrected chi connectivity index (χ3v) is 5.52. The molecule has 2 atom stereocenters. The van der Waals surface area contributed by atoms with Crippen LogP contribution in [0, 0.1) is 6.92 Å². The summed E-state index contributed by atoms with van der Waals surface area (Å²) >= 11 is 0. The number of amides is 1. The first-order chi connectivity index (χ1) is 9.05. The molecule has 0 aromatic heterocycles. The Morgan fingerprint density at radius 2 is 1.85 bits per heavy atom. The summed E-state index contributed by atoms with van der Waals surface area (Å²) in [5.41, 5.74) is 7.53. The van der Waals surface area contributed by atoms with Gasteiger partial charge in [0, 0.05) is 30.6 Å². The zero-order valence-electron chi connectivity index (χ0n) is 12.5. The molecule has 112 valence electrons. The first-order valence-corrected chi connectivity index (χ1v) is 8.33. The zero-order valence-corrected chi connectivity index (χ0v) is 13.4. The second kappa shape index (κ2) is 5.83. The molecule has 2 unspecified atom stereocenters. The van der Waals surface area contributed by atoms with Gasteiger partial charge in [0.1, 0.15) is 0 Å². The van der Waals surface area contributed by atoms with E-state index >= 15 is 0 Å². The van der Waals surface area contributed by atoms with Crippen LogP contribution in [0.3, 0.4) is 0 Å². The maximum atomic E-state index is 12.5. The number of anilines is 1. The number of rotatable bonds is 4. The average molecular weight is 298 g/mol. The maximum absolute atomic E-state index is 12.5. The average Bonchev–Trinajstić information content (AvgIpc) is 2.37. The van der Waals surface area contributed by atoms with Crippen LogP contribution in [-0.4, -0.2) is 43.8 Å². The third kappa shape index (κ3) is 3.50. The number of hydrogen-bond donors (Lipinski definition) is 1. The molecule has 2 N–H and O–H groups in total. The van der Waals surface area contributed by atoms with E-state index in [1.165, 1.54) is 11.2 Å². The molecule has 0 aliphatic heterocycles. The monoisotopic (exact) mass is 298 g/mol. The molecule has 0 saturated carbocycles. The van der Waals surface area contributed by atoms with E-state index in [-0.39, 0.29) is 5.91 Å². The normalized spacial score (nSPS) is 14.7. The number of nitrogens with zero attached hydrogens (tertiary/aromatic N) is 1. The van der Waals surface area contributed by atoms with Crippen molar-refractivity contribution in [3.8, 4) is 0 Å². The van der Waals surface area contributed by atoms with Crippen molar-refractivity contribution in [3.63, 3.8) is 0 Å². The molecule has 0 radical (unpaired) electrons. The smallest absolute Gasteiger partial charge is 0.254 e. The minimum Gasteiger partial charge on any atom is -0.399 e. The lowest BCUT2D eigenvalue weighted by Crippen LogP contribution is -2.44. The summed E-state index contributed by atoms with van der Waals surface area (Å²) in [7, 11) is -1.59. The fourth-order valence-electron chi connectivity index (χ4n) is 1.92. The van der Waals surface area contributed by atoms with Gasteiger partial charge in [-0.25, -0.2) is 8.42 Å². The molecule has 5 nitrogen and oxygen atoms in total. The number of hydrogen-bond acceptors (Lipinski definition) is 4. The van der Waals surface area contributed by atoms with Gasteiger partial charge < -0.3 is 10.6 Å². The van der Waals surface area contributed by atoms with Gasteiger partial charge in [-0.3, -0.25) is 4.79 Å². The van der Waals surface area contributed by atoms with Crippen LogP contribution in [0.1, 0.15) is 29.8 Å². The number of nitrogens with two attached hydrogens (primary N) is 1. The Bertz CT molecular complexity index is 611. The molecule has 1 amide bonds. The summed E-state index contributed by atoms with van der Waals surface area (Å²) in [6.45, 7) is 5.16. The Balaban J connectivity index is 3.06. The van der Waals surface area contributed by atoms with Crippen molar-refractivity contribution >= 4 is 21.4 Å². The van der Waals surface area contributed by atoms with Crippen molar-refractivity contribution in [3.05, 3.63) is 29.3 Å². The molecule has 1 aromatic rings. The molecule has 0 bridgehead atoms. The quantitative estimate of drug-likeness (QED) is 0.854. The Hall–Kier alpha value is -1.56. The highest BCUT2D eigenvalue weighted by Gasteiger charge is 2.29. The highest BCUT2D eigenvalue weighted by Crippen LogP contribution is 2.18. The van der Waals surface area contributed by atoms with Gasteiger partial charge >= 0.3 is 0 Å². The van der Waals surface area contributed by atoms with Gasteiger partial charge in [0.25, 0.3) is 5.91 Å². The Morgan fingerprint density at radius 1 is 1.30 bits per heavy atom. The van der Waals surface area contributed by atoms with Crippen LogP contribution < -0.4 is 5.73 Å². The van der Waals surface area contributed by atoms with E-state index in [0.29, 0.717) is 11.3 Å². The summed E-state index contributed by atoms with van der Waals surface area (Å²) in [5.74, 6) is -0.224. The van der Waals surface area contributed by atoms with Crippen LogP contribution >= 0.6 is 0 Å². The van der Waals surface area contributed by atoms with Crippen LogP contribution in [0.5, 0.6) is 0 Å². The Morgan fingerprint density at radius 3 is 2.35 bits per heavy atom. The topological polar surface area (TPSA) is 80.5 Å². The minimum atomic E-state index is -3.20. The van der Waals surface area contributed by atoms with Gasteiger partial charge in [-0.05, 0) is 38.5 Å². The summed E-state index contributed by atoms with van der Waals surface area (Å²) in [4.78, 5) is 13.9. The second-order valence-electron chi connectivity index (χ2n) is 5.27. The van der Waals surface area contributed by atoms with E-state index < -0.39 is 21.1 Å². The number of nitrogen functional groups attached to an aromatic ring is 1. The highest BCUT2D eigenvalue weighted by molar-refractivity contribution is 7.91. The molecule has 0 fully saturated rings. The lowest BCUT2D eigenvalue weighted by molar-refractivity contribution is 0.0742. The first kappa shape index (κ1) is 16.5. The number of sulfone groups is 1. The number of aryl methyl sites for hydroxylation is 1. The molecule has 0 aliphatic carbocycles. The van der Waals surface area contributed by atoms with Crippen molar-refractivity contribution in [2.24, 2.45) is 0 Å². The lowest BCUT2D eigenvalue weighted by atomic mass is 10.1. The van der Waals surface area contributed by atoms with Gasteiger partial charge in [0.05, 0.1) is 5.25 Å². The number of carbonyl (C=O) groups is 1. The molecular weight excluding hydrogens is 276 g/mol. The van der Waals surface area contributed by atoms with Crippen molar-refractivity contribution in [2.75, 3.05) is 19.0 Å². The van der Waals surface area contributed by atoms with Crippen molar-refractivity contribution in [1.29, 1.82) is 0 Å². The SMILES string of the molecule is Cc1ccc(N)cc1C(=O)N(C)C(C)C(C)S(C)(=O)=O. The lowest BCUT2D eigenvalue weighted by Gasteiger charge is -2.29. The van der Waals surface area contributed by atoms with Gasteiger partial charge in [0.2, 0.25) is 0 Å². The van der Waals surface area contributed by atoms with E-state index in [9.17, 15) is 13.2 Å². The Kier molecular flexibility index (Phi) is 4.81. The van der Waals surface area contributed by atoms with Crippen molar-refractivity contribution < 1.29 is 13.2 Å². The Labute approximate surface area is 120 Å². The standard InChI is InChI=1S/C14H22N2O3S/c1-9-6-7-12(15)8-13(9)14(17)16(4)10(2)11(3)20(5,18)19/h6-8,10-11H,15H2,1-5H3. The van der Waals surface area contributed by atoms with E-state index in [0.717, 1.165) is 5.56 Å². The van der Waals surface area contributed by atoms with Gasteiger partial charge in [-0.15, -0.1) is 0 Å². The van der Waals surface area contributed by atoms with Gasteiger partial charge in [-0.2, -0.15) is 0 Å². The fraction of sp³-hybridized carbons (Fsp3) is 0.500. The van der Waals surface area contributed by atoms with E-state index in [2.05, 4.69) is 0 Å². The molecule has 1 rings (SSSR count). The minimum absolute atomic E-state index is 0.224. The molecule has 0 aliphatic rings. The predicted octanol–water partition coefficient (Wildman–Crippen LogP) is 1.47. The van der Waals surface area contributed by atoms with Crippen molar-refractivity contribution in [2.45, 2.75) is 32.1 Å². The molecule has 0 spiro atoms. The molecule has 20 heavy (non-hydrogen) atoms. The van der Waals surface area contributed by atoms with Crippen LogP contribution in [0.25, 0.3) is 0 Å². The summed E-state index contributed by atoms with van der Waals surface area (Å²) in [6, 6.07) is 4.71. The summed E-state index contributed by atoms with van der Waals surface area (Å²) < 4.78 is 23.2. The molecule has 0 saturated heterocycles. The van der Waals surface area contributed by atoms with Crippen LogP contribution in [-0.2, 0) is 9.84 Å². The summed E-state index contributed by atoms with van der Waals surface area (Å²) in [5, 5.41) is -0.627.